The summed E-state index contributed by atoms with van der Waals surface area (Å²) in [6.45, 7) is 4.98. The first-order valence-corrected chi connectivity index (χ1v) is 8.42. The third-order valence-electron chi connectivity index (χ3n) is 3.45. The Bertz CT molecular complexity index is 658. The highest BCUT2D eigenvalue weighted by molar-refractivity contribution is 7.15. The van der Waals surface area contributed by atoms with Crippen LogP contribution < -0.4 is 5.32 Å². The molecule has 0 radical (unpaired) electrons. The van der Waals surface area contributed by atoms with Crippen LogP contribution in [-0.2, 0) is 11.3 Å². The predicted molar refractivity (Wildman–Crippen MR) is 89.8 cm³/mol. The Morgan fingerprint density at radius 3 is 2.78 bits per heavy atom. The molecule has 0 aliphatic rings. The zero-order valence-electron chi connectivity index (χ0n) is 13.3. The van der Waals surface area contributed by atoms with E-state index in [0.717, 1.165) is 4.88 Å². The van der Waals surface area contributed by atoms with Crippen molar-refractivity contribution in [2.45, 2.75) is 26.8 Å². The molecule has 1 heterocycles. The standard InChI is InChI=1S/C17H21FN2O2S/c1-11(2)7-12(17(21)22)8-19-9-13-10-20-16(23-13)14-5-3-4-6-15(14)18/h3-6,10-12,19H,7-9H2,1-2H3,(H,21,22). The topological polar surface area (TPSA) is 62.2 Å². The van der Waals surface area contributed by atoms with E-state index in [0.29, 0.717) is 36.0 Å². The van der Waals surface area contributed by atoms with Gasteiger partial charge in [-0.05, 0) is 24.5 Å². The molecule has 0 saturated carbocycles. The number of halogens is 1. The van der Waals surface area contributed by atoms with Crippen LogP contribution in [0.4, 0.5) is 4.39 Å². The van der Waals surface area contributed by atoms with Crippen LogP contribution >= 0.6 is 11.3 Å². The van der Waals surface area contributed by atoms with Crippen molar-refractivity contribution in [2.75, 3.05) is 6.54 Å². The summed E-state index contributed by atoms with van der Waals surface area (Å²) in [4.78, 5) is 16.4. The second kappa shape index (κ2) is 8.17. The monoisotopic (exact) mass is 336 g/mol. The number of carboxylic acids is 1. The van der Waals surface area contributed by atoms with Crippen LogP contribution in [0.25, 0.3) is 10.6 Å². The van der Waals surface area contributed by atoms with Gasteiger partial charge in [0.05, 0.1) is 5.92 Å². The molecule has 0 saturated heterocycles. The van der Waals surface area contributed by atoms with Crippen molar-refractivity contribution in [2.24, 2.45) is 11.8 Å². The SMILES string of the molecule is CC(C)CC(CNCc1cnc(-c2ccccc2F)s1)C(=O)O. The fraction of sp³-hybridized carbons (Fsp3) is 0.412. The lowest BCUT2D eigenvalue weighted by Crippen LogP contribution is -2.29. The van der Waals surface area contributed by atoms with Gasteiger partial charge in [0.15, 0.2) is 0 Å². The normalized spacial score (nSPS) is 12.5. The summed E-state index contributed by atoms with van der Waals surface area (Å²) in [5, 5.41) is 13.0. The van der Waals surface area contributed by atoms with E-state index in [9.17, 15) is 14.3 Å². The molecule has 0 bridgehead atoms. The molecular formula is C17H21FN2O2S. The summed E-state index contributed by atoms with van der Waals surface area (Å²) in [5.74, 6) is -1.12. The molecule has 1 aromatic heterocycles. The minimum absolute atomic E-state index is 0.288. The van der Waals surface area contributed by atoms with E-state index in [1.54, 1.807) is 24.4 Å². The number of thiazole rings is 1. The number of carboxylic acid groups (broad SMARTS) is 1. The molecule has 6 heteroatoms. The van der Waals surface area contributed by atoms with Crippen LogP contribution in [0.2, 0.25) is 0 Å². The van der Waals surface area contributed by atoms with Crippen LogP contribution in [0, 0.1) is 17.7 Å². The first-order valence-electron chi connectivity index (χ1n) is 7.60. The highest BCUT2D eigenvalue weighted by Gasteiger charge is 2.18. The summed E-state index contributed by atoms with van der Waals surface area (Å²) < 4.78 is 13.7. The Kier molecular flexibility index (Phi) is 6.24. The van der Waals surface area contributed by atoms with E-state index in [4.69, 9.17) is 0 Å². The molecule has 0 aliphatic carbocycles. The predicted octanol–water partition coefficient (Wildman–Crippen LogP) is 3.79. The third-order valence-corrected chi connectivity index (χ3v) is 4.48. The molecule has 1 aromatic carbocycles. The fourth-order valence-electron chi connectivity index (χ4n) is 2.36. The van der Waals surface area contributed by atoms with Crippen molar-refractivity contribution in [3.8, 4) is 10.6 Å². The molecule has 1 unspecified atom stereocenters. The summed E-state index contributed by atoms with van der Waals surface area (Å²) in [7, 11) is 0. The smallest absolute Gasteiger partial charge is 0.307 e. The van der Waals surface area contributed by atoms with Gasteiger partial charge in [0.1, 0.15) is 10.8 Å². The molecule has 0 aliphatic heterocycles. The van der Waals surface area contributed by atoms with Gasteiger partial charge in [-0.2, -0.15) is 0 Å². The Morgan fingerprint density at radius 1 is 1.39 bits per heavy atom. The molecular weight excluding hydrogens is 315 g/mol. The maximum Gasteiger partial charge on any atom is 0.307 e. The maximum absolute atomic E-state index is 13.7. The number of nitrogens with one attached hydrogen (secondary N) is 1. The highest BCUT2D eigenvalue weighted by atomic mass is 32.1. The van der Waals surface area contributed by atoms with Gasteiger partial charge in [0.25, 0.3) is 0 Å². The quantitative estimate of drug-likeness (QED) is 0.770. The lowest BCUT2D eigenvalue weighted by molar-refractivity contribution is -0.142. The van der Waals surface area contributed by atoms with Gasteiger partial charge < -0.3 is 10.4 Å². The van der Waals surface area contributed by atoms with Crippen molar-refractivity contribution >= 4 is 17.3 Å². The summed E-state index contributed by atoms with van der Waals surface area (Å²) in [5.41, 5.74) is 0.493. The number of aromatic nitrogens is 1. The van der Waals surface area contributed by atoms with Gasteiger partial charge in [0.2, 0.25) is 0 Å². The van der Waals surface area contributed by atoms with Crippen LogP contribution in [0.1, 0.15) is 25.1 Å². The summed E-state index contributed by atoms with van der Waals surface area (Å²) >= 11 is 1.41. The summed E-state index contributed by atoms with van der Waals surface area (Å²) in [6, 6.07) is 6.54. The Labute approximate surface area is 139 Å². The number of nitrogens with zero attached hydrogens (tertiary/aromatic N) is 1. The molecule has 0 spiro atoms. The molecule has 23 heavy (non-hydrogen) atoms. The van der Waals surface area contributed by atoms with Crippen molar-refractivity contribution < 1.29 is 14.3 Å². The maximum atomic E-state index is 13.7. The van der Waals surface area contributed by atoms with Crippen LogP contribution in [0.5, 0.6) is 0 Å². The average Bonchev–Trinajstić information content (AvgIpc) is 2.95. The number of benzene rings is 1. The van der Waals surface area contributed by atoms with Gasteiger partial charge in [0, 0.05) is 29.7 Å². The summed E-state index contributed by atoms with van der Waals surface area (Å²) in [6.07, 6.45) is 2.35. The fourth-order valence-corrected chi connectivity index (χ4v) is 3.27. The minimum Gasteiger partial charge on any atom is -0.481 e. The number of hydrogen-bond acceptors (Lipinski definition) is 4. The molecule has 2 N–H and O–H groups in total. The van der Waals surface area contributed by atoms with Gasteiger partial charge in [-0.15, -0.1) is 11.3 Å². The van der Waals surface area contributed by atoms with Gasteiger partial charge in [-0.25, -0.2) is 9.37 Å². The third kappa shape index (κ3) is 5.11. The van der Waals surface area contributed by atoms with Crippen LogP contribution in [-0.4, -0.2) is 22.6 Å². The second-order valence-electron chi connectivity index (χ2n) is 5.91. The molecule has 1 atom stereocenters. The number of aliphatic carboxylic acids is 1. The van der Waals surface area contributed by atoms with E-state index < -0.39 is 11.9 Å². The van der Waals surface area contributed by atoms with Gasteiger partial charge in [-0.1, -0.05) is 26.0 Å². The zero-order valence-corrected chi connectivity index (χ0v) is 14.1. The Balaban J connectivity index is 1.92. The first-order chi connectivity index (χ1) is 11.0. The van der Waals surface area contributed by atoms with Gasteiger partial charge >= 0.3 is 5.97 Å². The van der Waals surface area contributed by atoms with E-state index in [1.165, 1.54) is 17.4 Å². The van der Waals surface area contributed by atoms with E-state index >= 15 is 0 Å². The lowest BCUT2D eigenvalue weighted by Gasteiger charge is -2.14. The van der Waals surface area contributed by atoms with Crippen molar-refractivity contribution in [1.29, 1.82) is 0 Å². The van der Waals surface area contributed by atoms with Crippen LogP contribution in [0.15, 0.2) is 30.5 Å². The highest BCUT2D eigenvalue weighted by Crippen LogP contribution is 2.27. The molecule has 2 rings (SSSR count). The van der Waals surface area contributed by atoms with Crippen molar-refractivity contribution in [3.63, 3.8) is 0 Å². The molecule has 0 amide bonds. The van der Waals surface area contributed by atoms with E-state index in [1.807, 2.05) is 13.8 Å². The second-order valence-corrected chi connectivity index (χ2v) is 7.02. The van der Waals surface area contributed by atoms with Crippen LogP contribution in [0.3, 0.4) is 0 Å². The minimum atomic E-state index is -0.775. The van der Waals surface area contributed by atoms with Gasteiger partial charge in [-0.3, -0.25) is 4.79 Å². The number of rotatable bonds is 8. The molecule has 2 aromatic rings. The largest absolute Gasteiger partial charge is 0.481 e. The van der Waals surface area contributed by atoms with E-state index in [-0.39, 0.29) is 5.82 Å². The first kappa shape index (κ1) is 17.6. The Hall–Kier alpha value is -1.79. The van der Waals surface area contributed by atoms with Crippen molar-refractivity contribution in [1.82, 2.24) is 10.3 Å². The van der Waals surface area contributed by atoms with Crippen molar-refractivity contribution in [3.05, 3.63) is 41.2 Å². The number of hydrogen-bond donors (Lipinski definition) is 2. The molecule has 4 nitrogen and oxygen atoms in total. The Morgan fingerprint density at radius 2 is 2.13 bits per heavy atom. The van der Waals surface area contributed by atoms with E-state index in [2.05, 4.69) is 10.3 Å². The molecule has 124 valence electrons. The zero-order chi connectivity index (χ0) is 16.8. The lowest BCUT2D eigenvalue weighted by atomic mass is 9.97. The average molecular weight is 336 g/mol. The number of carbonyl (C=O) groups is 1. The molecule has 0 fully saturated rings.